The van der Waals surface area contributed by atoms with Crippen LogP contribution in [-0.4, -0.2) is 118 Å². The number of carbonyl (C=O) groups is 7. The van der Waals surface area contributed by atoms with Crippen molar-refractivity contribution >= 4 is 41.9 Å². The van der Waals surface area contributed by atoms with Gasteiger partial charge in [-0.15, -0.1) is 0 Å². The molecule has 1 amide bonds. The summed E-state index contributed by atoms with van der Waals surface area (Å²) in [7, 11) is 0. The van der Waals surface area contributed by atoms with Gasteiger partial charge in [-0.2, -0.15) is 0 Å². The third kappa shape index (κ3) is 7.11. The summed E-state index contributed by atoms with van der Waals surface area (Å²) in [5.74, 6) is -6.90. The average Bonchev–Trinajstić information content (AvgIpc) is 3.86. The molecule has 3 N–H and O–H groups in total. The van der Waals surface area contributed by atoms with Crippen LogP contribution in [0.5, 0.6) is 0 Å². The van der Waals surface area contributed by atoms with E-state index in [-0.39, 0.29) is 35.5 Å². The summed E-state index contributed by atoms with van der Waals surface area (Å²) in [5, 5.41) is 26.8. The number of amides is 1. The van der Waals surface area contributed by atoms with E-state index < -0.39 is 124 Å². The summed E-state index contributed by atoms with van der Waals surface area (Å²) in [4.78, 5) is 98.2. The van der Waals surface area contributed by atoms with E-state index in [1.165, 1.54) is 58.2 Å². The van der Waals surface area contributed by atoms with Crippen LogP contribution in [0.2, 0.25) is 0 Å². The second-order valence-corrected chi connectivity index (χ2v) is 18.9. The number of aliphatic hydroxyl groups is 2. The Bertz CT molecular complexity index is 2280. The molecule has 1 spiro atoms. The lowest BCUT2D eigenvalue weighted by atomic mass is 9.44. The highest BCUT2D eigenvalue weighted by Gasteiger charge is 2.83. The topological polar surface area (TPSA) is 259 Å². The molecule has 7 rings (SSSR count). The predicted octanol–water partition coefficient (Wildman–Crippen LogP) is 3.97. The van der Waals surface area contributed by atoms with E-state index in [2.05, 4.69) is 5.32 Å². The SMILES string of the molecule is CC(=O)O[C@H]1C(=O)[C@@]2(C)C([C@H](OC(=O)c3ccccc3)[C@]34OC(=O)OC3[C@H](OC(=O)[C@](C)(O)[C@H](NC(=O)OC(C)(C)C)c3ccco3)C(C)=C1C4(C)C)[C@]1(OC(C)=O)COC1C[C@@H]2O. The fourth-order valence-electron chi connectivity index (χ4n) is 10.5. The summed E-state index contributed by atoms with van der Waals surface area (Å²) in [5.41, 5.74) is -12.0. The average molecular weight is 896 g/mol. The van der Waals surface area contributed by atoms with Gasteiger partial charge in [0.1, 0.15) is 23.5 Å². The molecule has 5 aliphatic rings. The van der Waals surface area contributed by atoms with Crippen molar-refractivity contribution in [2.45, 2.75) is 141 Å². The maximum absolute atomic E-state index is 15.7. The molecule has 4 fully saturated rings. The van der Waals surface area contributed by atoms with E-state index in [0.717, 1.165) is 20.8 Å². The van der Waals surface area contributed by atoms with Crippen molar-refractivity contribution in [3.8, 4) is 0 Å². The van der Waals surface area contributed by atoms with Crippen molar-refractivity contribution in [3.05, 3.63) is 71.2 Å². The van der Waals surface area contributed by atoms with Gasteiger partial charge < -0.3 is 57.8 Å². The first-order valence-corrected chi connectivity index (χ1v) is 20.8. The Hall–Kier alpha value is -5.79. The van der Waals surface area contributed by atoms with Crippen molar-refractivity contribution < 1.29 is 86.1 Å². The van der Waals surface area contributed by atoms with Crippen LogP contribution in [0.3, 0.4) is 0 Å². The number of ketones is 1. The van der Waals surface area contributed by atoms with Gasteiger partial charge in [-0.05, 0) is 77.0 Å². The Balaban J connectivity index is 1.48. The van der Waals surface area contributed by atoms with E-state index in [1.807, 2.05) is 0 Å². The number of fused-ring (bicyclic) bond motifs is 4. The lowest BCUT2D eigenvalue weighted by molar-refractivity contribution is -0.345. The summed E-state index contributed by atoms with van der Waals surface area (Å²) in [6, 6.07) is 8.84. The van der Waals surface area contributed by atoms with Crippen LogP contribution in [0, 0.1) is 16.7 Å². The molecule has 2 saturated heterocycles. The third-order valence-electron chi connectivity index (χ3n) is 13.3. The number of carbonyl (C=O) groups excluding carboxylic acids is 7. The fourth-order valence-corrected chi connectivity index (χ4v) is 10.5. The van der Waals surface area contributed by atoms with Gasteiger partial charge in [0, 0.05) is 25.7 Å². The second-order valence-electron chi connectivity index (χ2n) is 18.9. The molecule has 64 heavy (non-hydrogen) atoms. The van der Waals surface area contributed by atoms with E-state index >= 15 is 4.79 Å². The molecule has 3 unspecified atom stereocenters. The number of ether oxygens (including phenoxy) is 8. The first-order valence-electron chi connectivity index (χ1n) is 20.8. The number of rotatable bonds is 9. The smallest absolute Gasteiger partial charge is 0.467 e. The molecule has 19 nitrogen and oxygen atoms in total. The van der Waals surface area contributed by atoms with Gasteiger partial charge >= 0.3 is 36.1 Å². The normalized spacial score (nSPS) is 33.9. The summed E-state index contributed by atoms with van der Waals surface area (Å²) >= 11 is 0. The molecular formula is C45H53NO18. The highest BCUT2D eigenvalue weighted by molar-refractivity contribution is 5.96. The maximum Gasteiger partial charge on any atom is 0.509 e. The predicted molar refractivity (Wildman–Crippen MR) is 215 cm³/mol. The zero-order valence-electron chi connectivity index (χ0n) is 37.1. The quantitative estimate of drug-likeness (QED) is 0.183. The lowest BCUT2D eigenvalue weighted by Crippen LogP contribution is -2.83. The summed E-state index contributed by atoms with van der Waals surface area (Å²) < 4.78 is 53.8. The number of hydrogen-bond acceptors (Lipinski definition) is 18. The van der Waals surface area contributed by atoms with Crippen LogP contribution in [0.25, 0.3) is 0 Å². The monoisotopic (exact) mass is 895 g/mol. The summed E-state index contributed by atoms with van der Waals surface area (Å²) in [6.07, 6.45) is -11.7. The molecule has 1 aromatic carbocycles. The largest absolute Gasteiger partial charge is 0.509 e. The van der Waals surface area contributed by atoms with Crippen LogP contribution in [0.15, 0.2) is 64.3 Å². The molecule has 1 aromatic heterocycles. The minimum absolute atomic E-state index is 0.00826. The molecule has 12 atom stereocenters. The number of alkyl carbamates (subject to hydrolysis) is 1. The lowest BCUT2D eigenvalue weighted by Gasteiger charge is -2.67. The Morgan fingerprint density at radius 1 is 0.922 bits per heavy atom. The Morgan fingerprint density at radius 2 is 1.59 bits per heavy atom. The summed E-state index contributed by atoms with van der Waals surface area (Å²) in [6.45, 7) is 13.5. The number of furan rings is 1. The molecular weight excluding hydrogens is 842 g/mol. The number of hydrogen-bond donors (Lipinski definition) is 3. The third-order valence-corrected chi connectivity index (χ3v) is 13.3. The van der Waals surface area contributed by atoms with Gasteiger partial charge in [0.15, 0.2) is 41.4 Å². The second kappa shape index (κ2) is 15.7. The van der Waals surface area contributed by atoms with Gasteiger partial charge in [-0.25, -0.2) is 19.2 Å². The van der Waals surface area contributed by atoms with Gasteiger partial charge in [0.25, 0.3) is 0 Å². The van der Waals surface area contributed by atoms with Crippen molar-refractivity contribution in [1.29, 1.82) is 0 Å². The van der Waals surface area contributed by atoms with Crippen molar-refractivity contribution in [2.75, 3.05) is 6.61 Å². The van der Waals surface area contributed by atoms with Crippen LogP contribution in [0.1, 0.15) is 97.8 Å². The van der Waals surface area contributed by atoms with Gasteiger partial charge in [-0.1, -0.05) is 32.0 Å². The van der Waals surface area contributed by atoms with Crippen LogP contribution in [-0.2, 0) is 57.1 Å². The van der Waals surface area contributed by atoms with Crippen LogP contribution in [0.4, 0.5) is 9.59 Å². The number of aliphatic hydroxyl groups excluding tert-OH is 1. The number of esters is 4. The van der Waals surface area contributed by atoms with Crippen LogP contribution >= 0.6 is 0 Å². The van der Waals surface area contributed by atoms with E-state index in [4.69, 9.17) is 42.3 Å². The van der Waals surface area contributed by atoms with Crippen LogP contribution < -0.4 is 5.32 Å². The van der Waals surface area contributed by atoms with Gasteiger partial charge in [-0.3, -0.25) is 14.4 Å². The fraction of sp³-hybridized carbons (Fsp3) is 0.578. The standard InChI is InChI=1S/C45H53NO18/c1-21-28-30(58-22(2)47)33(50)42(9)26(49)19-27-44(20-57-27,62-23(3)48)31(42)35(60-36(51)24-15-12-11-13-16-24)45(41(28,7)8)34(61-39(54)64-45)29(21)59-37(52)43(10,55)32(25-17-14-18-56-25)46-38(53)63-40(4,5)6/h11-18,26-27,29-32,34-35,49,55H,19-20H2,1-10H3,(H,46,53)/t26-,27?,29+,30+,31?,32+,34?,35-,42+,43+,44-,45+/m0/s1. The number of nitrogens with one attached hydrogen (secondary N) is 1. The molecule has 2 saturated carbocycles. The Labute approximate surface area is 368 Å². The highest BCUT2D eigenvalue weighted by Crippen LogP contribution is 2.67. The first-order chi connectivity index (χ1) is 29.7. The number of benzene rings is 1. The van der Waals surface area contributed by atoms with Gasteiger partial charge in [0.05, 0.1) is 35.9 Å². The molecule has 3 heterocycles. The highest BCUT2D eigenvalue weighted by atomic mass is 16.8. The maximum atomic E-state index is 15.7. The molecule has 3 aliphatic carbocycles. The van der Waals surface area contributed by atoms with E-state index in [0.29, 0.717) is 0 Å². The van der Waals surface area contributed by atoms with Crippen molar-refractivity contribution in [1.82, 2.24) is 5.32 Å². The Kier molecular flexibility index (Phi) is 11.4. The van der Waals surface area contributed by atoms with Crippen molar-refractivity contribution in [2.24, 2.45) is 16.7 Å². The van der Waals surface area contributed by atoms with E-state index in [9.17, 15) is 39.0 Å². The minimum Gasteiger partial charge on any atom is -0.467 e. The molecule has 19 heteroatoms. The van der Waals surface area contributed by atoms with Crippen molar-refractivity contribution in [3.63, 3.8) is 0 Å². The van der Waals surface area contributed by atoms with E-state index in [1.54, 1.807) is 39.0 Å². The molecule has 346 valence electrons. The first kappa shape index (κ1) is 46.2. The van der Waals surface area contributed by atoms with Gasteiger partial charge in [0.2, 0.25) is 5.60 Å². The molecule has 2 bridgehead atoms. The Morgan fingerprint density at radius 3 is 2.16 bits per heavy atom. The molecule has 0 radical (unpaired) electrons. The number of Topliss-reactive ketones (excluding diaryl/α,β-unsaturated/α-hetero) is 1. The molecule has 2 aliphatic heterocycles. The minimum atomic E-state index is -2.71. The zero-order chi connectivity index (χ0) is 47.1. The zero-order valence-corrected chi connectivity index (χ0v) is 37.1. The molecule has 2 aromatic rings.